The van der Waals surface area contributed by atoms with Crippen molar-refractivity contribution >= 4 is 22.6 Å². The van der Waals surface area contributed by atoms with Crippen LogP contribution in [0, 0.1) is 6.92 Å². The van der Waals surface area contributed by atoms with Gasteiger partial charge in [-0.1, -0.05) is 43.5 Å². The summed E-state index contributed by atoms with van der Waals surface area (Å²) in [5.41, 5.74) is 3.22. The average Bonchev–Trinajstić information content (AvgIpc) is 2.97. The predicted molar refractivity (Wildman–Crippen MR) is 104 cm³/mol. The fraction of sp³-hybridized carbons (Fsp3) is 0.381. The molecule has 3 aromatic rings. The highest BCUT2D eigenvalue weighted by molar-refractivity contribution is 6.31. The molecule has 2 aromatic carbocycles. The molecule has 25 heavy (non-hydrogen) atoms. The lowest BCUT2D eigenvalue weighted by Crippen LogP contribution is -2.12. The third-order valence-corrected chi connectivity index (χ3v) is 4.90. The molecule has 0 amide bonds. The largest absolute Gasteiger partial charge is 0.483 e. The Hall–Kier alpha value is -2.00. The number of ether oxygens (including phenoxy) is 1. The lowest BCUT2D eigenvalue weighted by molar-refractivity contribution is 0.211. The van der Waals surface area contributed by atoms with E-state index in [1.54, 1.807) is 0 Å². The second-order valence-electron chi connectivity index (χ2n) is 6.49. The molecule has 0 radical (unpaired) electrons. The van der Waals surface area contributed by atoms with Crippen molar-refractivity contribution in [2.45, 2.75) is 52.7 Å². The number of aryl methyl sites for hydroxylation is 2. The lowest BCUT2D eigenvalue weighted by Gasteiger charge is -2.17. The minimum Gasteiger partial charge on any atom is -0.483 e. The molecule has 0 saturated carbocycles. The second kappa shape index (κ2) is 7.92. The summed E-state index contributed by atoms with van der Waals surface area (Å²) in [6.45, 7) is 7.24. The van der Waals surface area contributed by atoms with Crippen molar-refractivity contribution in [1.29, 1.82) is 0 Å². The first kappa shape index (κ1) is 17.8. The van der Waals surface area contributed by atoms with Crippen LogP contribution in [0.2, 0.25) is 5.02 Å². The Bertz CT molecular complexity index is 856. The SMILES string of the molecule is CCCCCn1c(C(C)Oc2ccc(Cl)c(C)c2)nc2ccccc21. The van der Waals surface area contributed by atoms with Gasteiger partial charge in [0.1, 0.15) is 5.75 Å². The molecule has 4 heteroatoms. The zero-order valence-corrected chi connectivity index (χ0v) is 15.9. The van der Waals surface area contributed by atoms with Gasteiger partial charge in [0, 0.05) is 11.6 Å². The summed E-state index contributed by atoms with van der Waals surface area (Å²) in [5, 5.41) is 0.756. The summed E-state index contributed by atoms with van der Waals surface area (Å²) >= 11 is 6.11. The molecule has 1 atom stereocenters. The van der Waals surface area contributed by atoms with E-state index in [1.165, 1.54) is 18.4 Å². The number of fused-ring (bicyclic) bond motifs is 1. The molecule has 1 heterocycles. The number of hydrogen-bond donors (Lipinski definition) is 0. The van der Waals surface area contributed by atoms with Crippen molar-refractivity contribution in [2.75, 3.05) is 0 Å². The summed E-state index contributed by atoms with van der Waals surface area (Å²) in [7, 11) is 0. The average molecular weight is 357 g/mol. The molecule has 0 bridgehead atoms. The highest BCUT2D eigenvalue weighted by Gasteiger charge is 2.18. The van der Waals surface area contributed by atoms with Crippen LogP contribution in [0.5, 0.6) is 5.75 Å². The fourth-order valence-corrected chi connectivity index (χ4v) is 3.22. The Balaban J connectivity index is 1.89. The number of rotatable bonds is 7. The number of unbranched alkanes of at least 4 members (excludes halogenated alkanes) is 2. The third kappa shape index (κ3) is 3.98. The smallest absolute Gasteiger partial charge is 0.153 e. The summed E-state index contributed by atoms with van der Waals surface area (Å²) in [4.78, 5) is 4.84. The van der Waals surface area contributed by atoms with Crippen molar-refractivity contribution in [3.63, 3.8) is 0 Å². The molecule has 0 aliphatic rings. The Labute approximate surface area is 154 Å². The molecular weight excluding hydrogens is 332 g/mol. The topological polar surface area (TPSA) is 27.1 Å². The van der Waals surface area contributed by atoms with Crippen LogP contribution in [0.25, 0.3) is 11.0 Å². The molecule has 3 nitrogen and oxygen atoms in total. The molecule has 1 aromatic heterocycles. The molecule has 0 fully saturated rings. The maximum Gasteiger partial charge on any atom is 0.153 e. The molecule has 0 aliphatic carbocycles. The Kier molecular flexibility index (Phi) is 5.64. The third-order valence-electron chi connectivity index (χ3n) is 4.48. The normalized spacial score (nSPS) is 12.5. The minimum absolute atomic E-state index is 0.130. The second-order valence-corrected chi connectivity index (χ2v) is 6.90. The van der Waals surface area contributed by atoms with E-state index in [4.69, 9.17) is 21.3 Å². The first-order valence-electron chi connectivity index (χ1n) is 8.98. The summed E-state index contributed by atoms with van der Waals surface area (Å²) < 4.78 is 8.47. The fourth-order valence-electron chi connectivity index (χ4n) is 3.11. The molecule has 0 spiro atoms. The van der Waals surface area contributed by atoms with Crippen molar-refractivity contribution in [1.82, 2.24) is 9.55 Å². The van der Waals surface area contributed by atoms with E-state index in [2.05, 4.69) is 36.6 Å². The zero-order valence-electron chi connectivity index (χ0n) is 15.1. The van der Waals surface area contributed by atoms with Gasteiger partial charge in [-0.05, 0) is 56.2 Å². The minimum atomic E-state index is -0.130. The van der Waals surface area contributed by atoms with Crippen molar-refractivity contribution in [3.8, 4) is 5.75 Å². The maximum absolute atomic E-state index is 6.17. The molecule has 3 rings (SSSR count). The number of nitrogens with zero attached hydrogens (tertiary/aromatic N) is 2. The van der Waals surface area contributed by atoms with Gasteiger partial charge in [-0.25, -0.2) is 4.98 Å². The number of hydrogen-bond acceptors (Lipinski definition) is 2. The first-order valence-corrected chi connectivity index (χ1v) is 9.36. The number of para-hydroxylation sites is 2. The van der Waals surface area contributed by atoms with E-state index in [-0.39, 0.29) is 6.10 Å². The van der Waals surface area contributed by atoms with Gasteiger partial charge in [0.15, 0.2) is 11.9 Å². The number of halogens is 1. The van der Waals surface area contributed by atoms with E-state index >= 15 is 0 Å². The summed E-state index contributed by atoms with van der Waals surface area (Å²) in [6, 6.07) is 14.1. The van der Waals surface area contributed by atoms with E-state index < -0.39 is 0 Å². The van der Waals surface area contributed by atoms with Crippen LogP contribution in [0.4, 0.5) is 0 Å². The zero-order chi connectivity index (χ0) is 17.8. The highest BCUT2D eigenvalue weighted by Crippen LogP contribution is 2.28. The van der Waals surface area contributed by atoms with Crippen LogP contribution in [-0.4, -0.2) is 9.55 Å². The van der Waals surface area contributed by atoms with Gasteiger partial charge in [0.05, 0.1) is 11.0 Å². The molecule has 132 valence electrons. The van der Waals surface area contributed by atoms with Crippen molar-refractivity contribution in [3.05, 3.63) is 58.9 Å². The van der Waals surface area contributed by atoms with Crippen LogP contribution >= 0.6 is 11.6 Å². The van der Waals surface area contributed by atoms with Gasteiger partial charge < -0.3 is 9.30 Å². The van der Waals surface area contributed by atoms with Crippen molar-refractivity contribution < 1.29 is 4.74 Å². The summed E-state index contributed by atoms with van der Waals surface area (Å²) in [5.74, 6) is 1.80. The van der Waals surface area contributed by atoms with E-state index in [1.807, 2.05) is 31.2 Å². The number of imidazole rings is 1. The van der Waals surface area contributed by atoms with Crippen LogP contribution in [0.1, 0.15) is 50.6 Å². The van der Waals surface area contributed by atoms with Crippen LogP contribution < -0.4 is 4.74 Å². The molecule has 0 aliphatic heterocycles. The van der Waals surface area contributed by atoms with E-state index in [0.717, 1.165) is 40.6 Å². The standard InChI is InChI=1S/C21H25ClN2O/c1-4-5-8-13-24-20-10-7-6-9-19(20)23-21(24)16(3)25-17-11-12-18(22)15(2)14-17/h6-7,9-12,14,16H,4-5,8,13H2,1-3H3. The van der Waals surface area contributed by atoms with Gasteiger partial charge in [-0.2, -0.15) is 0 Å². The van der Waals surface area contributed by atoms with Crippen molar-refractivity contribution in [2.24, 2.45) is 0 Å². The van der Waals surface area contributed by atoms with E-state index in [9.17, 15) is 0 Å². The highest BCUT2D eigenvalue weighted by atomic mass is 35.5. The summed E-state index contributed by atoms with van der Waals surface area (Å²) in [6.07, 6.45) is 3.45. The lowest BCUT2D eigenvalue weighted by atomic mass is 10.2. The van der Waals surface area contributed by atoms with E-state index in [0.29, 0.717) is 0 Å². The Morgan fingerprint density at radius 2 is 1.96 bits per heavy atom. The predicted octanol–water partition coefficient (Wildman–Crippen LogP) is 6.33. The molecular formula is C21H25ClN2O. The number of benzene rings is 2. The first-order chi connectivity index (χ1) is 12.1. The Morgan fingerprint density at radius 1 is 1.16 bits per heavy atom. The monoisotopic (exact) mass is 356 g/mol. The van der Waals surface area contributed by atoms with Crippen LogP contribution in [0.3, 0.4) is 0 Å². The molecule has 0 saturated heterocycles. The van der Waals surface area contributed by atoms with Crippen LogP contribution in [-0.2, 0) is 6.54 Å². The van der Waals surface area contributed by atoms with Crippen LogP contribution in [0.15, 0.2) is 42.5 Å². The quantitative estimate of drug-likeness (QED) is 0.462. The molecule has 1 unspecified atom stereocenters. The van der Waals surface area contributed by atoms with Gasteiger partial charge in [0.25, 0.3) is 0 Å². The maximum atomic E-state index is 6.17. The molecule has 0 N–H and O–H groups in total. The van der Waals surface area contributed by atoms with Gasteiger partial charge in [-0.3, -0.25) is 0 Å². The number of aromatic nitrogens is 2. The van der Waals surface area contributed by atoms with Gasteiger partial charge in [-0.15, -0.1) is 0 Å². The Morgan fingerprint density at radius 3 is 2.72 bits per heavy atom. The van der Waals surface area contributed by atoms with Gasteiger partial charge >= 0.3 is 0 Å². The van der Waals surface area contributed by atoms with Gasteiger partial charge in [0.2, 0.25) is 0 Å².